The number of allylic oxidation sites excluding steroid dienone is 1. The topological polar surface area (TPSA) is 58.5 Å². The van der Waals surface area contributed by atoms with Gasteiger partial charge in [-0.05, 0) is 63.6 Å². The summed E-state index contributed by atoms with van der Waals surface area (Å²) in [5.41, 5.74) is 7.97. The molecule has 0 atom stereocenters. The molecule has 0 saturated carbocycles. The van der Waals surface area contributed by atoms with Gasteiger partial charge in [0.1, 0.15) is 0 Å². The van der Waals surface area contributed by atoms with Gasteiger partial charge in [0.15, 0.2) is 5.82 Å². The summed E-state index contributed by atoms with van der Waals surface area (Å²) in [6.45, 7) is 9.03. The molecular formula is C27H27N5. The third kappa shape index (κ3) is 3.26. The second kappa shape index (κ2) is 8.00. The molecule has 3 heterocycles. The van der Waals surface area contributed by atoms with Gasteiger partial charge in [-0.3, -0.25) is 0 Å². The Morgan fingerprint density at radius 1 is 0.969 bits per heavy atom. The number of nitrogens with one attached hydrogen (secondary N) is 2. The number of nitrogens with zero attached hydrogens (tertiary/aromatic N) is 3. The number of rotatable bonds is 5. The van der Waals surface area contributed by atoms with Gasteiger partial charge in [0.05, 0.1) is 16.8 Å². The van der Waals surface area contributed by atoms with Crippen molar-refractivity contribution in [3.05, 3.63) is 89.0 Å². The normalized spacial score (nSPS) is 11.8. The molecule has 0 bridgehead atoms. The van der Waals surface area contributed by atoms with Crippen molar-refractivity contribution in [3.8, 4) is 5.69 Å². The van der Waals surface area contributed by atoms with E-state index in [1.807, 2.05) is 13.1 Å². The Kier molecular flexibility index (Phi) is 5.02. The third-order valence-electron chi connectivity index (χ3n) is 6.09. The van der Waals surface area contributed by atoms with E-state index in [4.69, 9.17) is 0 Å². The molecule has 5 nitrogen and oxygen atoms in total. The fraction of sp³-hybridized carbons (Fsp3) is 0.185. The van der Waals surface area contributed by atoms with Gasteiger partial charge in [0, 0.05) is 40.4 Å². The van der Waals surface area contributed by atoms with Crippen molar-refractivity contribution >= 4 is 33.6 Å². The van der Waals surface area contributed by atoms with Gasteiger partial charge in [-0.25, -0.2) is 0 Å². The Balaban J connectivity index is 1.67. The number of anilines is 1. The van der Waals surface area contributed by atoms with Crippen molar-refractivity contribution in [3.63, 3.8) is 0 Å². The van der Waals surface area contributed by atoms with Gasteiger partial charge in [0.2, 0.25) is 0 Å². The second-order valence-electron chi connectivity index (χ2n) is 8.24. The molecule has 0 aliphatic heterocycles. The summed E-state index contributed by atoms with van der Waals surface area (Å²) in [5.74, 6) is 0.806. The molecule has 0 fully saturated rings. The maximum Gasteiger partial charge on any atom is 0.159 e. The summed E-state index contributed by atoms with van der Waals surface area (Å²) in [6, 6.07) is 17.1. The number of hydrogen-bond donors (Lipinski definition) is 2. The van der Waals surface area contributed by atoms with Gasteiger partial charge >= 0.3 is 0 Å². The lowest BCUT2D eigenvalue weighted by Crippen LogP contribution is -2.04. The summed E-state index contributed by atoms with van der Waals surface area (Å²) in [5, 5.41) is 16.1. The Morgan fingerprint density at radius 3 is 2.56 bits per heavy atom. The van der Waals surface area contributed by atoms with E-state index < -0.39 is 0 Å². The van der Waals surface area contributed by atoms with Crippen LogP contribution in [0.2, 0.25) is 0 Å². The van der Waals surface area contributed by atoms with Crippen LogP contribution in [-0.2, 0) is 6.54 Å². The number of aromatic amines is 1. The molecule has 5 aromatic rings. The molecule has 32 heavy (non-hydrogen) atoms. The Morgan fingerprint density at radius 2 is 1.78 bits per heavy atom. The van der Waals surface area contributed by atoms with Crippen LogP contribution in [0.1, 0.15) is 35.1 Å². The molecule has 0 aliphatic rings. The van der Waals surface area contributed by atoms with E-state index >= 15 is 0 Å². The summed E-state index contributed by atoms with van der Waals surface area (Å²) >= 11 is 0. The minimum Gasteiger partial charge on any atom is -0.364 e. The molecule has 2 N–H and O–H groups in total. The first kappa shape index (κ1) is 20.1. The van der Waals surface area contributed by atoms with Gasteiger partial charge in [-0.2, -0.15) is 5.10 Å². The zero-order valence-corrected chi connectivity index (χ0v) is 18.9. The van der Waals surface area contributed by atoms with E-state index in [9.17, 15) is 0 Å². The Bertz CT molecular complexity index is 1450. The highest BCUT2D eigenvalue weighted by Crippen LogP contribution is 2.35. The van der Waals surface area contributed by atoms with Gasteiger partial charge in [-0.1, -0.05) is 35.9 Å². The van der Waals surface area contributed by atoms with E-state index in [-0.39, 0.29) is 0 Å². The first-order valence-electron chi connectivity index (χ1n) is 11.0. The maximum atomic E-state index is 4.58. The molecule has 0 radical (unpaired) electrons. The maximum absolute atomic E-state index is 4.58. The minimum atomic E-state index is 0.673. The highest BCUT2D eigenvalue weighted by atomic mass is 15.2. The molecule has 5 rings (SSSR count). The van der Waals surface area contributed by atoms with E-state index in [0.717, 1.165) is 39.2 Å². The van der Waals surface area contributed by atoms with Crippen molar-refractivity contribution in [2.75, 3.05) is 5.32 Å². The van der Waals surface area contributed by atoms with E-state index in [2.05, 4.69) is 107 Å². The van der Waals surface area contributed by atoms with Crippen LogP contribution in [0, 0.1) is 20.8 Å². The summed E-state index contributed by atoms with van der Waals surface area (Å²) in [4.78, 5) is 3.29. The molecule has 0 aliphatic carbocycles. The van der Waals surface area contributed by atoms with Crippen LogP contribution in [0.25, 0.3) is 33.4 Å². The number of benzene rings is 2. The first-order chi connectivity index (χ1) is 15.6. The summed E-state index contributed by atoms with van der Waals surface area (Å²) in [6.07, 6.45) is 6.22. The van der Waals surface area contributed by atoms with Gasteiger partial charge in [-0.15, -0.1) is 5.10 Å². The van der Waals surface area contributed by atoms with Crippen LogP contribution in [0.15, 0.2) is 60.8 Å². The van der Waals surface area contributed by atoms with Gasteiger partial charge in [0.25, 0.3) is 0 Å². The standard InChI is InChI=1S/C27H27N5/c1-5-7-24-26-25(19(4)32(24)21-12-10-17(2)11-13-21)18(3)30-31-27(26)29-16-20-8-6-9-23-22(20)14-15-28-23/h5-15,28H,16H2,1-4H3,(H,29,31)/b7-5+. The molecule has 3 aromatic heterocycles. The first-order valence-corrected chi connectivity index (χ1v) is 11.0. The molecular weight excluding hydrogens is 394 g/mol. The van der Waals surface area contributed by atoms with E-state index in [1.165, 1.54) is 22.2 Å². The zero-order valence-electron chi connectivity index (χ0n) is 18.9. The quantitative estimate of drug-likeness (QED) is 0.342. The van der Waals surface area contributed by atoms with Crippen molar-refractivity contribution in [2.24, 2.45) is 0 Å². The van der Waals surface area contributed by atoms with Crippen LogP contribution >= 0.6 is 0 Å². The molecule has 0 spiro atoms. The lowest BCUT2D eigenvalue weighted by atomic mass is 10.1. The van der Waals surface area contributed by atoms with Crippen molar-refractivity contribution in [1.82, 2.24) is 19.7 Å². The predicted molar refractivity (Wildman–Crippen MR) is 133 cm³/mol. The highest BCUT2D eigenvalue weighted by molar-refractivity contribution is 6.02. The van der Waals surface area contributed by atoms with Crippen LogP contribution < -0.4 is 5.32 Å². The average molecular weight is 422 g/mol. The lowest BCUT2D eigenvalue weighted by molar-refractivity contribution is 0.983. The molecule has 5 heteroatoms. The van der Waals surface area contributed by atoms with E-state index in [1.54, 1.807) is 0 Å². The van der Waals surface area contributed by atoms with Crippen molar-refractivity contribution in [2.45, 2.75) is 34.2 Å². The Labute approximate surface area is 187 Å². The monoisotopic (exact) mass is 421 g/mol. The van der Waals surface area contributed by atoms with Crippen LogP contribution in [-0.4, -0.2) is 19.7 Å². The number of hydrogen-bond acceptors (Lipinski definition) is 3. The number of aromatic nitrogens is 4. The predicted octanol–water partition coefficient (Wildman–Crippen LogP) is 6.47. The summed E-state index contributed by atoms with van der Waals surface area (Å²) < 4.78 is 2.30. The summed E-state index contributed by atoms with van der Waals surface area (Å²) in [7, 11) is 0. The third-order valence-corrected chi connectivity index (χ3v) is 6.09. The average Bonchev–Trinajstić information content (AvgIpc) is 3.38. The smallest absolute Gasteiger partial charge is 0.159 e. The molecule has 160 valence electrons. The Hall–Kier alpha value is -3.86. The SMILES string of the molecule is C/C=C/c1c2c(NCc3cccc4[nH]ccc34)nnc(C)c2c(C)n1-c1ccc(C)cc1. The number of fused-ring (bicyclic) bond motifs is 2. The van der Waals surface area contributed by atoms with Crippen LogP contribution in [0.3, 0.4) is 0 Å². The largest absolute Gasteiger partial charge is 0.364 e. The highest BCUT2D eigenvalue weighted by Gasteiger charge is 2.20. The van der Waals surface area contributed by atoms with Crippen molar-refractivity contribution in [1.29, 1.82) is 0 Å². The van der Waals surface area contributed by atoms with E-state index in [0.29, 0.717) is 6.54 Å². The molecule has 0 saturated heterocycles. The molecule has 2 aromatic carbocycles. The van der Waals surface area contributed by atoms with Crippen molar-refractivity contribution < 1.29 is 0 Å². The minimum absolute atomic E-state index is 0.673. The second-order valence-corrected chi connectivity index (χ2v) is 8.24. The fourth-order valence-electron chi connectivity index (χ4n) is 4.57. The number of aryl methyl sites for hydroxylation is 3. The lowest BCUT2D eigenvalue weighted by Gasteiger charge is -2.11. The molecule has 0 unspecified atom stereocenters. The molecule has 0 amide bonds. The fourth-order valence-corrected chi connectivity index (χ4v) is 4.57. The number of H-pyrrole nitrogens is 1. The van der Waals surface area contributed by atoms with Crippen LogP contribution in [0.4, 0.5) is 5.82 Å². The zero-order chi connectivity index (χ0) is 22.2. The van der Waals surface area contributed by atoms with Gasteiger partial charge < -0.3 is 14.9 Å². The van der Waals surface area contributed by atoms with Crippen LogP contribution in [0.5, 0.6) is 0 Å².